The highest BCUT2D eigenvalue weighted by Crippen LogP contribution is 2.43. The van der Waals surface area contributed by atoms with Crippen LogP contribution in [-0.4, -0.2) is 34.8 Å². The van der Waals surface area contributed by atoms with Crippen LogP contribution in [0.25, 0.3) is 0 Å². The van der Waals surface area contributed by atoms with Crippen LogP contribution in [0.4, 0.5) is 0 Å². The Morgan fingerprint density at radius 3 is 2.24 bits per heavy atom. The summed E-state index contributed by atoms with van der Waals surface area (Å²) in [5, 5.41) is 2.74. The zero-order valence-electron chi connectivity index (χ0n) is 22.8. The number of sulfone groups is 1. The first kappa shape index (κ1) is 31.9. The van der Waals surface area contributed by atoms with Crippen LogP contribution in [0.1, 0.15) is 116 Å². The lowest BCUT2D eigenvalue weighted by Gasteiger charge is -2.27. The van der Waals surface area contributed by atoms with E-state index in [9.17, 15) is 16.8 Å². The summed E-state index contributed by atoms with van der Waals surface area (Å²) in [5.41, 5.74) is 0.562. The van der Waals surface area contributed by atoms with Gasteiger partial charge in [-0.25, -0.2) is 8.42 Å². The van der Waals surface area contributed by atoms with Gasteiger partial charge in [-0.05, 0) is 70.9 Å². The van der Waals surface area contributed by atoms with Gasteiger partial charge in [-0.3, -0.25) is 0 Å². The molecule has 0 fully saturated rings. The van der Waals surface area contributed by atoms with Gasteiger partial charge in [-0.1, -0.05) is 70.3 Å². The molecule has 210 valence electrons. The predicted octanol–water partition coefficient (Wildman–Crippen LogP) is 7.54. The molecule has 1 aromatic rings. The van der Waals surface area contributed by atoms with Crippen molar-refractivity contribution in [2.45, 2.75) is 124 Å². The summed E-state index contributed by atoms with van der Waals surface area (Å²) in [6.07, 6.45) is 24.2. The molecule has 37 heavy (non-hydrogen) atoms. The van der Waals surface area contributed by atoms with Crippen LogP contribution in [0.5, 0.6) is 0 Å². The summed E-state index contributed by atoms with van der Waals surface area (Å²) >= 11 is 0.833. The van der Waals surface area contributed by atoms with E-state index in [1.807, 2.05) is 6.92 Å². The van der Waals surface area contributed by atoms with E-state index in [0.29, 0.717) is 24.9 Å². The average Bonchev–Trinajstić information content (AvgIpc) is 3.33. The maximum absolute atomic E-state index is 12.8. The minimum absolute atomic E-state index is 0.00867. The van der Waals surface area contributed by atoms with Gasteiger partial charge in [-0.2, -0.15) is 12.8 Å². The molecule has 2 rings (SSSR count). The first-order chi connectivity index (χ1) is 17.7. The van der Waals surface area contributed by atoms with Crippen LogP contribution in [0, 0.1) is 0 Å². The van der Waals surface area contributed by atoms with Crippen LogP contribution < -0.4 is 5.32 Å². The Balaban J connectivity index is 1.69. The van der Waals surface area contributed by atoms with Crippen molar-refractivity contribution in [3.05, 3.63) is 35.9 Å². The molecule has 1 aliphatic rings. The van der Waals surface area contributed by atoms with E-state index in [4.69, 9.17) is 0 Å². The fraction of sp³-hybridized carbons (Fsp3) is 0.679. The van der Waals surface area contributed by atoms with E-state index in [1.165, 1.54) is 50.8 Å². The normalized spacial score (nSPS) is 19.9. The molecule has 0 radical (unpaired) electrons. The van der Waals surface area contributed by atoms with Gasteiger partial charge in [0.25, 0.3) is 10.0 Å². The number of unbranched alkanes of at least 4 members (excludes halogenated alkanes) is 9. The fourth-order valence-corrected chi connectivity index (χ4v) is 9.31. The van der Waals surface area contributed by atoms with E-state index >= 15 is 0 Å². The minimum atomic E-state index is -3.90. The second kappa shape index (κ2) is 16.6. The molecular formula is C28H46N2O4S3. The SMILES string of the molecule is CCCCC/C=C/C/C=C/CCCCCCC/C=N/S(=O)(=O)c1cc2c(s1)S(=O)(=O)[C@@H](C)C[C@@H]2NCC. The molecule has 9 heteroatoms. The Morgan fingerprint density at radius 2 is 1.59 bits per heavy atom. The Kier molecular flexibility index (Phi) is 14.3. The zero-order valence-corrected chi connectivity index (χ0v) is 25.3. The maximum Gasteiger partial charge on any atom is 0.291 e. The minimum Gasteiger partial charge on any atom is -0.310 e. The van der Waals surface area contributed by atoms with Crippen molar-refractivity contribution in [3.63, 3.8) is 0 Å². The van der Waals surface area contributed by atoms with Gasteiger partial charge in [0.15, 0.2) is 9.84 Å². The molecule has 0 aliphatic carbocycles. The molecule has 0 aromatic carbocycles. The highest BCUT2D eigenvalue weighted by Gasteiger charge is 2.39. The standard InChI is InChI=1S/C28H46N2O4S3/c1-4-6-7-8-9-10-11-12-13-14-15-16-17-18-19-20-21-30-37(33,34)27-23-25-26(29-5-2)22-24(3)36(31,32)28(25)35-27/h9-10,12-13,21,23-24,26,29H,4-8,11,14-20,22H2,1-3H3/b10-9+,13-12+,30-21+/t24-,26-/m0/s1. The lowest BCUT2D eigenvalue weighted by molar-refractivity contribution is 0.477. The number of nitrogens with one attached hydrogen (secondary N) is 1. The summed E-state index contributed by atoms with van der Waals surface area (Å²) in [6, 6.07) is 1.34. The van der Waals surface area contributed by atoms with Crippen LogP contribution >= 0.6 is 11.3 Å². The fourth-order valence-electron chi connectivity index (χ4n) is 4.42. The largest absolute Gasteiger partial charge is 0.310 e. The number of allylic oxidation sites excluding steroid dienone is 4. The Hall–Kier alpha value is -1.29. The third-order valence-electron chi connectivity index (χ3n) is 6.64. The topological polar surface area (TPSA) is 92.7 Å². The molecule has 0 saturated heterocycles. The van der Waals surface area contributed by atoms with E-state index in [0.717, 1.165) is 43.4 Å². The van der Waals surface area contributed by atoms with E-state index in [1.54, 1.807) is 6.92 Å². The third kappa shape index (κ3) is 10.4. The van der Waals surface area contributed by atoms with Crippen molar-refractivity contribution in [2.75, 3.05) is 6.54 Å². The molecule has 0 unspecified atom stereocenters. The molecule has 6 nitrogen and oxygen atoms in total. The van der Waals surface area contributed by atoms with Crippen molar-refractivity contribution in [3.8, 4) is 0 Å². The molecule has 2 atom stereocenters. The zero-order chi connectivity index (χ0) is 27.2. The van der Waals surface area contributed by atoms with Gasteiger partial charge in [-0.15, -0.1) is 11.3 Å². The molecular weight excluding hydrogens is 525 g/mol. The number of fused-ring (bicyclic) bond motifs is 1. The van der Waals surface area contributed by atoms with Gasteiger partial charge in [0.2, 0.25) is 0 Å². The number of rotatable bonds is 18. The number of hydrogen-bond donors (Lipinski definition) is 1. The summed E-state index contributed by atoms with van der Waals surface area (Å²) in [5.74, 6) is 0. The Morgan fingerprint density at radius 1 is 0.973 bits per heavy atom. The van der Waals surface area contributed by atoms with Crippen LogP contribution in [-0.2, 0) is 19.9 Å². The first-order valence-electron chi connectivity index (χ1n) is 13.9. The molecule has 0 amide bonds. The first-order valence-corrected chi connectivity index (χ1v) is 17.7. The summed E-state index contributed by atoms with van der Waals surface area (Å²) < 4.78 is 55.0. The van der Waals surface area contributed by atoms with Gasteiger partial charge in [0, 0.05) is 17.8 Å². The van der Waals surface area contributed by atoms with Gasteiger partial charge in [0.05, 0.1) is 5.25 Å². The van der Waals surface area contributed by atoms with Gasteiger partial charge >= 0.3 is 0 Å². The third-order valence-corrected chi connectivity index (χ3v) is 12.3. The van der Waals surface area contributed by atoms with Gasteiger partial charge < -0.3 is 5.32 Å². The van der Waals surface area contributed by atoms with E-state index in [2.05, 4.69) is 40.9 Å². The summed E-state index contributed by atoms with van der Waals surface area (Å²) in [4.78, 5) is 0. The van der Waals surface area contributed by atoms with Crippen molar-refractivity contribution in [1.29, 1.82) is 0 Å². The van der Waals surface area contributed by atoms with Crippen molar-refractivity contribution in [1.82, 2.24) is 5.32 Å². The quantitative estimate of drug-likeness (QED) is 0.112. The molecule has 0 saturated carbocycles. The lowest BCUT2D eigenvalue weighted by atomic mass is 10.1. The van der Waals surface area contributed by atoms with Crippen LogP contribution in [0.3, 0.4) is 0 Å². The maximum atomic E-state index is 12.8. The highest BCUT2D eigenvalue weighted by molar-refractivity contribution is 7.96. The molecule has 1 aromatic heterocycles. The monoisotopic (exact) mass is 570 g/mol. The van der Waals surface area contributed by atoms with E-state index in [-0.39, 0.29) is 14.5 Å². The summed E-state index contributed by atoms with van der Waals surface area (Å²) in [7, 11) is -7.41. The second-order valence-corrected chi connectivity index (χ2v) is 15.3. The number of nitrogens with zero attached hydrogens (tertiary/aromatic N) is 1. The smallest absolute Gasteiger partial charge is 0.291 e. The second-order valence-electron chi connectivity index (χ2n) is 9.79. The molecule has 1 N–H and O–H groups in total. The van der Waals surface area contributed by atoms with Gasteiger partial charge in [0.1, 0.15) is 8.42 Å². The average molecular weight is 571 g/mol. The predicted molar refractivity (Wildman–Crippen MR) is 157 cm³/mol. The van der Waals surface area contributed by atoms with Crippen molar-refractivity contribution >= 4 is 37.4 Å². The molecule has 1 aliphatic heterocycles. The Bertz CT molecular complexity index is 1100. The number of hydrogen-bond acceptors (Lipinski definition) is 6. The molecule has 2 heterocycles. The van der Waals surface area contributed by atoms with Crippen LogP contribution in [0.2, 0.25) is 0 Å². The number of sulfonamides is 1. The van der Waals surface area contributed by atoms with Crippen LogP contribution in [0.15, 0.2) is 43.2 Å². The number of thiophene rings is 1. The molecule has 0 bridgehead atoms. The highest BCUT2D eigenvalue weighted by atomic mass is 32.3. The van der Waals surface area contributed by atoms with Crippen molar-refractivity contribution < 1.29 is 16.8 Å². The van der Waals surface area contributed by atoms with Crippen molar-refractivity contribution in [2.24, 2.45) is 4.40 Å². The Labute approximate surface area is 229 Å². The lowest BCUT2D eigenvalue weighted by Crippen LogP contribution is -2.33. The van der Waals surface area contributed by atoms with E-state index < -0.39 is 25.1 Å². The summed E-state index contributed by atoms with van der Waals surface area (Å²) in [6.45, 7) is 6.54. The molecule has 0 spiro atoms.